The van der Waals surface area contributed by atoms with Gasteiger partial charge in [-0.05, 0) is 40.2 Å². The molecule has 0 bridgehead atoms. The normalized spacial score (nSPS) is 18.2. The quantitative estimate of drug-likeness (QED) is 0.701. The molecule has 0 aliphatic rings. The second kappa shape index (κ2) is 7.24. The summed E-state index contributed by atoms with van der Waals surface area (Å²) < 4.78 is 0. The molecule has 3 unspecified atom stereocenters. The monoisotopic (exact) mass is 214 g/mol. The fourth-order valence-corrected chi connectivity index (χ4v) is 1.53. The lowest BCUT2D eigenvalue weighted by molar-refractivity contribution is 0.153. The van der Waals surface area contributed by atoms with Crippen LogP contribution in [0.2, 0.25) is 0 Å². The lowest BCUT2D eigenvalue weighted by Crippen LogP contribution is -2.46. The lowest BCUT2D eigenvalue weighted by atomic mass is 10.0. The van der Waals surface area contributed by atoms with Crippen molar-refractivity contribution in [3.63, 3.8) is 0 Å². The molecular weight excluding hydrogens is 184 g/mol. The van der Waals surface area contributed by atoms with E-state index in [2.05, 4.69) is 58.8 Å². The zero-order valence-corrected chi connectivity index (χ0v) is 11.7. The Bertz CT molecular complexity index is 157. The van der Waals surface area contributed by atoms with Crippen molar-refractivity contribution in [2.45, 2.75) is 66.1 Å². The first-order chi connectivity index (χ1) is 6.90. The molecule has 0 saturated carbocycles. The first-order valence-electron chi connectivity index (χ1n) is 6.35. The molecule has 92 valence electrons. The summed E-state index contributed by atoms with van der Waals surface area (Å²) in [7, 11) is 2.23. The third-order valence-electron chi connectivity index (χ3n) is 3.68. The van der Waals surface area contributed by atoms with Gasteiger partial charge in [-0.1, -0.05) is 20.8 Å². The van der Waals surface area contributed by atoms with Crippen LogP contribution in [0.1, 0.15) is 48.0 Å². The molecule has 2 heteroatoms. The van der Waals surface area contributed by atoms with Crippen molar-refractivity contribution in [3.8, 4) is 0 Å². The number of likely N-dealkylation sites (N-methyl/N-ethyl adjacent to an activating group) is 1. The number of rotatable bonds is 7. The van der Waals surface area contributed by atoms with E-state index in [1.165, 1.54) is 6.42 Å². The molecule has 0 aromatic rings. The Labute approximate surface area is 96.4 Å². The van der Waals surface area contributed by atoms with E-state index in [0.717, 1.165) is 12.5 Å². The van der Waals surface area contributed by atoms with Crippen LogP contribution >= 0.6 is 0 Å². The number of hydrogen-bond donors (Lipinski definition) is 1. The zero-order valence-electron chi connectivity index (χ0n) is 11.7. The summed E-state index contributed by atoms with van der Waals surface area (Å²) in [6.07, 6.45) is 1.20. The van der Waals surface area contributed by atoms with Crippen LogP contribution in [0, 0.1) is 5.92 Å². The molecule has 0 aromatic heterocycles. The van der Waals surface area contributed by atoms with E-state index in [-0.39, 0.29) is 0 Å². The minimum Gasteiger partial charge on any atom is -0.313 e. The summed E-state index contributed by atoms with van der Waals surface area (Å²) in [5.41, 5.74) is 0. The minimum absolute atomic E-state index is 0.608. The van der Waals surface area contributed by atoms with E-state index < -0.39 is 0 Å². The van der Waals surface area contributed by atoms with E-state index >= 15 is 0 Å². The van der Waals surface area contributed by atoms with Crippen molar-refractivity contribution in [3.05, 3.63) is 0 Å². The van der Waals surface area contributed by atoms with Crippen LogP contribution in [0.15, 0.2) is 0 Å². The van der Waals surface area contributed by atoms with Gasteiger partial charge in [0.05, 0.1) is 0 Å². The van der Waals surface area contributed by atoms with Crippen molar-refractivity contribution < 1.29 is 0 Å². The summed E-state index contributed by atoms with van der Waals surface area (Å²) in [4.78, 5) is 2.47. The van der Waals surface area contributed by atoms with Crippen molar-refractivity contribution in [1.82, 2.24) is 10.2 Å². The molecule has 0 spiro atoms. The van der Waals surface area contributed by atoms with Gasteiger partial charge in [0.15, 0.2) is 0 Å². The molecule has 3 atom stereocenters. The second-order valence-corrected chi connectivity index (χ2v) is 5.22. The fourth-order valence-electron chi connectivity index (χ4n) is 1.53. The molecule has 2 nitrogen and oxygen atoms in total. The Morgan fingerprint density at radius 2 is 1.60 bits per heavy atom. The number of hydrogen-bond acceptors (Lipinski definition) is 2. The van der Waals surface area contributed by atoms with E-state index in [9.17, 15) is 0 Å². The SMILES string of the molecule is CCC(C)NCC(C)N(C)C(C)C(C)C. The van der Waals surface area contributed by atoms with Gasteiger partial charge in [-0.2, -0.15) is 0 Å². The molecular formula is C13H30N2. The Hall–Kier alpha value is -0.0800. The molecule has 1 N–H and O–H groups in total. The largest absolute Gasteiger partial charge is 0.313 e. The molecule has 0 fully saturated rings. The highest BCUT2D eigenvalue weighted by atomic mass is 15.2. The second-order valence-electron chi connectivity index (χ2n) is 5.22. The standard InChI is InChI=1S/C13H30N2/c1-8-11(4)14-9-12(5)15(7)13(6)10(2)3/h10-14H,8-9H2,1-7H3. The van der Waals surface area contributed by atoms with Crippen LogP contribution in [0.5, 0.6) is 0 Å². The first kappa shape index (κ1) is 14.9. The minimum atomic E-state index is 0.608. The molecule has 0 aliphatic carbocycles. The summed E-state index contributed by atoms with van der Waals surface area (Å²) in [6, 6.07) is 1.89. The number of nitrogens with zero attached hydrogens (tertiary/aromatic N) is 1. The molecule has 0 aromatic carbocycles. The third kappa shape index (κ3) is 5.53. The summed E-state index contributed by atoms with van der Waals surface area (Å²) in [5.74, 6) is 0.723. The highest BCUT2D eigenvalue weighted by Gasteiger charge is 2.18. The van der Waals surface area contributed by atoms with Crippen LogP contribution in [0.3, 0.4) is 0 Å². The summed E-state index contributed by atoms with van der Waals surface area (Å²) >= 11 is 0. The van der Waals surface area contributed by atoms with Gasteiger partial charge in [0.2, 0.25) is 0 Å². The van der Waals surface area contributed by atoms with Gasteiger partial charge in [0, 0.05) is 24.7 Å². The van der Waals surface area contributed by atoms with Crippen molar-refractivity contribution in [2.24, 2.45) is 5.92 Å². The first-order valence-corrected chi connectivity index (χ1v) is 6.35. The van der Waals surface area contributed by atoms with Crippen molar-refractivity contribution >= 4 is 0 Å². The fraction of sp³-hybridized carbons (Fsp3) is 1.00. The van der Waals surface area contributed by atoms with Gasteiger partial charge < -0.3 is 5.32 Å². The van der Waals surface area contributed by atoms with E-state index in [4.69, 9.17) is 0 Å². The highest BCUT2D eigenvalue weighted by molar-refractivity contribution is 4.75. The highest BCUT2D eigenvalue weighted by Crippen LogP contribution is 2.10. The van der Waals surface area contributed by atoms with Gasteiger partial charge >= 0.3 is 0 Å². The Kier molecular flexibility index (Phi) is 7.20. The smallest absolute Gasteiger partial charge is 0.0192 e. The Balaban J connectivity index is 3.93. The van der Waals surface area contributed by atoms with E-state index in [1.807, 2.05) is 0 Å². The summed E-state index contributed by atoms with van der Waals surface area (Å²) in [5, 5.41) is 3.57. The van der Waals surface area contributed by atoms with Crippen LogP contribution in [0.4, 0.5) is 0 Å². The molecule has 0 rings (SSSR count). The summed E-state index contributed by atoms with van der Waals surface area (Å²) in [6.45, 7) is 14.7. The molecule has 0 amide bonds. The topological polar surface area (TPSA) is 15.3 Å². The van der Waals surface area contributed by atoms with Crippen LogP contribution in [-0.4, -0.2) is 36.6 Å². The molecule has 0 heterocycles. The third-order valence-corrected chi connectivity index (χ3v) is 3.68. The molecule has 0 saturated heterocycles. The van der Waals surface area contributed by atoms with Crippen LogP contribution in [0.25, 0.3) is 0 Å². The van der Waals surface area contributed by atoms with Gasteiger partial charge in [-0.15, -0.1) is 0 Å². The maximum absolute atomic E-state index is 3.57. The Morgan fingerprint density at radius 1 is 1.07 bits per heavy atom. The van der Waals surface area contributed by atoms with Gasteiger partial charge in [-0.3, -0.25) is 4.90 Å². The van der Waals surface area contributed by atoms with Crippen LogP contribution < -0.4 is 5.32 Å². The Morgan fingerprint density at radius 3 is 2.00 bits per heavy atom. The maximum atomic E-state index is 3.57. The van der Waals surface area contributed by atoms with Gasteiger partial charge in [-0.25, -0.2) is 0 Å². The van der Waals surface area contributed by atoms with E-state index in [1.54, 1.807) is 0 Å². The van der Waals surface area contributed by atoms with E-state index in [0.29, 0.717) is 18.1 Å². The molecule has 15 heavy (non-hydrogen) atoms. The molecule has 0 radical (unpaired) electrons. The van der Waals surface area contributed by atoms with Crippen LogP contribution in [-0.2, 0) is 0 Å². The maximum Gasteiger partial charge on any atom is 0.0192 e. The van der Waals surface area contributed by atoms with Gasteiger partial charge in [0.25, 0.3) is 0 Å². The predicted octanol–water partition coefficient (Wildman–Crippen LogP) is 2.74. The lowest BCUT2D eigenvalue weighted by Gasteiger charge is -2.34. The average molecular weight is 214 g/mol. The average Bonchev–Trinajstić information content (AvgIpc) is 2.22. The van der Waals surface area contributed by atoms with Gasteiger partial charge in [0.1, 0.15) is 0 Å². The molecule has 0 aliphatic heterocycles. The predicted molar refractivity (Wildman–Crippen MR) is 69.3 cm³/mol. The van der Waals surface area contributed by atoms with Crippen molar-refractivity contribution in [1.29, 1.82) is 0 Å². The number of nitrogens with one attached hydrogen (secondary N) is 1. The zero-order chi connectivity index (χ0) is 12.0. The van der Waals surface area contributed by atoms with Crippen molar-refractivity contribution in [2.75, 3.05) is 13.6 Å².